The number of ether oxygens (including phenoxy) is 2. The van der Waals surface area contributed by atoms with Gasteiger partial charge in [0.15, 0.2) is 16.9 Å². The van der Waals surface area contributed by atoms with Gasteiger partial charge in [-0.15, -0.1) is 0 Å². The van der Waals surface area contributed by atoms with Gasteiger partial charge in [-0.2, -0.15) is 0 Å². The van der Waals surface area contributed by atoms with Crippen molar-refractivity contribution >= 4 is 16.9 Å². The number of nitrogens with zero attached hydrogens (tertiary/aromatic N) is 1. The first-order chi connectivity index (χ1) is 17.5. The monoisotopic (exact) mass is 485 g/mol. The largest absolute Gasteiger partial charge is 0.493 e. The zero-order valence-corrected chi connectivity index (χ0v) is 19.7. The Kier molecular flexibility index (Phi) is 6.29. The van der Waals surface area contributed by atoms with Gasteiger partial charge in [0.05, 0.1) is 24.1 Å². The quantitative estimate of drug-likeness (QED) is 0.317. The molecule has 1 unspecified atom stereocenters. The van der Waals surface area contributed by atoms with E-state index in [4.69, 9.17) is 13.9 Å². The highest BCUT2D eigenvalue weighted by Gasteiger charge is 2.42. The third-order valence-electron chi connectivity index (χ3n) is 6.27. The molecule has 4 aromatic rings. The molecule has 0 saturated heterocycles. The molecule has 6 nitrogen and oxygen atoms in total. The number of fused-ring (bicyclic) bond motifs is 2. The van der Waals surface area contributed by atoms with E-state index in [0.717, 1.165) is 11.6 Å². The topological polar surface area (TPSA) is 69.0 Å². The average Bonchev–Trinajstić information content (AvgIpc) is 3.18. The van der Waals surface area contributed by atoms with Gasteiger partial charge >= 0.3 is 0 Å². The van der Waals surface area contributed by atoms with Crippen molar-refractivity contribution in [3.05, 3.63) is 118 Å². The van der Waals surface area contributed by atoms with Crippen molar-refractivity contribution in [1.82, 2.24) is 4.90 Å². The fourth-order valence-corrected chi connectivity index (χ4v) is 4.59. The van der Waals surface area contributed by atoms with E-state index >= 15 is 0 Å². The van der Waals surface area contributed by atoms with Crippen LogP contribution in [0.1, 0.15) is 33.3 Å². The number of carbonyl (C=O) groups excluding carboxylic acids is 1. The molecule has 0 aliphatic carbocycles. The third kappa shape index (κ3) is 4.13. The van der Waals surface area contributed by atoms with Crippen molar-refractivity contribution in [3.63, 3.8) is 0 Å². The fraction of sp³-hybridized carbons (Fsp3) is 0.172. The SMILES string of the molecule is C=CCOc1ccc(C2c3c(oc4ccc(F)cc4c3=O)C(=O)N2CCc2ccccc2)cc1OC. The predicted octanol–water partition coefficient (Wildman–Crippen LogP) is 5.29. The van der Waals surface area contributed by atoms with Crippen LogP contribution in [0.3, 0.4) is 0 Å². The minimum absolute atomic E-state index is 0.0249. The lowest BCUT2D eigenvalue weighted by molar-refractivity contribution is 0.0730. The van der Waals surface area contributed by atoms with Crippen molar-refractivity contribution in [3.8, 4) is 11.5 Å². The predicted molar refractivity (Wildman–Crippen MR) is 134 cm³/mol. The molecule has 1 aliphatic rings. The summed E-state index contributed by atoms with van der Waals surface area (Å²) in [5, 5.41) is 0.0920. The van der Waals surface area contributed by atoms with Crippen LogP contribution in [0, 0.1) is 5.82 Å². The fourth-order valence-electron chi connectivity index (χ4n) is 4.59. The number of hydrogen-bond acceptors (Lipinski definition) is 5. The summed E-state index contributed by atoms with van der Waals surface area (Å²) in [6.45, 7) is 4.30. The first kappa shape index (κ1) is 23.4. The Morgan fingerprint density at radius 3 is 2.61 bits per heavy atom. The standard InChI is InChI=1S/C29H24FNO5/c1-3-15-35-23-11-9-19(16-24(23)34-2)26-25-27(32)21-17-20(30)10-12-22(21)36-28(25)29(33)31(26)14-13-18-7-5-4-6-8-18/h3-12,16-17,26H,1,13-15H2,2H3. The smallest absolute Gasteiger partial charge is 0.290 e. The molecule has 0 spiro atoms. The second-order valence-electron chi connectivity index (χ2n) is 8.46. The second-order valence-corrected chi connectivity index (χ2v) is 8.46. The highest BCUT2D eigenvalue weighted by atomic mass is 19.1. The summed E-state index contributed by atoms with van der Waals surface area (Å²) in [6.07, 6.45) is 2.21. The number of hydrogen-bond donors (Lipinski definition) is 0. The van der Waals surface area contributed by atoms with Crippen LogP contribution in [0.5, 0.6) is 11.5 Å². The molecule has 0 bridgehead atoms. The van der Waals surface area contributed by atoms with Gasteiger partial charge in [-0.25, -0.2) is 4.39 Å². The molecule has 7 heteroatoms. The zero-order valence-electron chi connectivity index (χ0n) is 19.7. The Morgan fingerprint density at radius 1 is 1.06 bits per heavy atom. The van der Waals surface area contributed by atoms with Gasteiger partial charge in [0.1, 0.15) is 18.0 Å². The van der Waals surface area contributed by atoms with Crippen LogP contribution in [0.4, 0.5) is 4.39 Å². The van der Waals surface area contributed by atoms with Crippen LogP contribution in [0.2, 0.25) is 0 Å². The Morgan fingerprint density at radius 2 is 1.86 bits per heavy atom. The molecule has 1 aliphatic heterocycles. The van der Waals surface area contributed by atoms with Crippen LogP contribution in [0.15, 0.2) is 88.6 Å². The van der Waals surface area contributed by atoms with E-state index in [2.05, 4.69) is 6.58 Å². The van der Waals surface area contributed by atoms with Gasteiger partial charge in [-0.05, 0) is 47.9 Å². The normalized spacial score (nSPS) is 14.7. The number of halogens is 1. The van der Waals surface area contributed by atoms with Gasteiger partial charge in [-0.1, -0.05) is 49.1 Å². The molecule has 0 fully saturated rings. The molecule has 182 valence electrons. The van der Waals surface area contributed by atoms with Crippen molar-refractivity contribution in [2.45, 2.75) is 12.5 Å². The lowest BCUT2D eigenvalue weighted by atomic mass is 9.97. The molecule has 3 aromatic carbocycles. The van der Waals surface area contributed by atoms with Crippen LogP contribution >= 0.6 is 0 Å². The molecule has 2 heterocycles. The summed E-state index contributed by atoms with van der Waals surface area (Å²) in [5.74, 6) is -0.00564. The summed E-state index contributed by atoms with van der Waals surface area (Å²) < 4.78 is 31.1. The van der Waals surface area contributed by atoms with Crippen molar-refractivity contribution < 1.29 is 23.1 Å². The Hall–Kier alpha value is -4.39. The van der Waals surface area contributed by atoms with Crippen LogP contribution < -0.4 is 14.9 Å². The summed E-state index contributed by atoms with van der Waals surface area (Å²) in [6, 6.07) is 18.0. The van der Waals surface area contributed by atoms with Crippen molar-refractivity contribution in [2.75, 3.05) is 20.3 Å². The summed E-state index contributed by atoms with van der Waals surface area (Å²) in [4.78, 5) is 28.8. The zero-order chi connectivity index (χ0) is 25.2. The number of amides is 1. The summed E-state index contributed by atoms with van der Waals surface area (Å²) in [7, 11) is 1.52. The minimum Gasteiger partial charge on any atom is -0.493 e. The van der Waals surface area contributed by atoms with Crippen LogP contribution in [-0.4, -0.2) is 31.1 Å². The van der Waals surface area contributed by atoms with E-state index in [0.29, 0.717) is 36.6 Å². The highest BCUT2D eigenvalue weighted by molar-refractivity contribution is 5.99. The first-order valence-corrected chi connectivity index (χ1v) is 11.5. The number of methoxy groups -OCH3 is 1. The maximum absolute atomic E-state index is 14.0. The molecule has 1 aromatic heterocycles. The molecule has 0 saturated carbocycles. The van der Waals surface area contributed by atoms with Crippen LogP contribution in [0.25, 0.3) is 11.0 Å². The van der Waals surface area contributed by atoms with E-state index in [1.807, 2.05) is 30.3 Å². The lowest BCUT2D eigenvalue weighted by Gasteiger charge is -2.26. The van der Waals surface area contributed by atoms with Gasteiger partial charge in [0, 0.05) is 6.54 Å². The molecule has 0 radical (unpaired) electrons. The van der Waals surface area contributed by atoms with Gasteiger partial charge in [0.2, 0.25) is 5.76 Å². The molecular formula is C29H24FNO5. The first-order valence-electron chi connectivity index (χ1n) is 11.5. The summed E-state index contributed by atoms with van der Waals surface area (Å²) >= 11 is 0. The second kappa shape index (κ2) is 9.70. The van der Waals surface area contributed by atoms with Gasteiger partial charge < -0.3 is 18.8 Å². The minimum atomic E-state index is -0.734. The van der Waals surface area contributed by atoms with E-state index in [1.165, 1.54) is 19.2 Å². The number of benzene rings is 3. The Labute approximate surface area is 207 Å². The molecule has 0 N–H and O–H groups in total. The molecule has 36 heavy (non-hydrogen) atoms. The van der Waals surface area contributed by atoms with Crippen LogP contribution in [-0.2, 0) is 6.42 Å². The lowest BCUT2D eigenvalue weighted by Crippen LogP contribution is -2.31. The number of carbonyl (C=O) groups is 1. The van der Waals surface area contributed by atoms with Gasteiger partial charge in [0.25, 0.3) is 5.91 Å². The van der Waals surface area contributed by atoms with E-state index < -0.39 is 17.3 Å². The average molecular weight is 486 g/mol. The van der Waals surface area contributed by atoms with Crippen molar-refractivity contribution in [2.24, 2.45) is 0 Å². The van der Waals surface area contributed by atoms with E-state index in [-0.39, 0.29) is 28.2 Å². The van der Waals surface area contributed by atoms with E-state index in [9.17, 15) is 14.0 Å². The Balaban J connectivity index is 1.65. The van der Waals surface area contributed by atoms with Gasteiger partial charge in [-0.3, -0.25) is 9.59 Å². The third-order valence-corrected chi connectivity index (χ3v) is 6.27. The number of rotatable bonds is 8. The molecular weight excluding hydrogens is 461 g/mol. The van der Waals surface area contributed by atoms with Crippen molar-refractivity contribution in [1.29, 1.82) is 0 Å². The maximum atomic E-state index is 14.0. The van der Waals surface area contributed by atoms with E-state index in [1.54, 1.807) is 29.2 Å². The highest BCUT2D eigenvalue weighted by Crippen LogP contribution is 2.41. The molecule has 5 rings (SSSR count). The molecule has 1 atom stereocenters. The summed E-state index contributed by atoms with van der Waals surface area (Å²) in [5.41, 5.74) is 1.63. The maximum Gasteiger partial charge on any atom is 0.290 e. The molecule has 1 amide bonds. The Bertz CT molecular complexity index is 1510.